The van der Waals surface area contributed by atoms with E-state index in [4.69, 9.17) is 5.73 Å². The molecule has 1 fully saturated rings. The Morgan fingerprint density at radius 3 is 2.56 bits per heavy atom. The molecule has 1 unspecified atom stereocenters. The first kappa shape index (κ1) is 17.6. The Bertz CT molecular complexity index is 676. The van der Waals surface area contributed by atoms with Crippen molar-refractivity contribution in [2.75, 3.05) is 13.1 Å². The van der Waals surface area contributed by atoms with Crippen molar-refractivity contribution in [1.82, 2.24) is 9.88 Å². The number of carbonyl (C=O) groups is 1. The Morgan fingerprint density at radius 2 is 1.92 bits per heavy atom. The topological polar surface area (TPSA) is 59.2 Å². The number of benzene rings is 1. The van der Waals surface area contributed by atoms with Gasteiger partial charge in [0.15, 0.2) is 0 Å². The van der Waals surface area contributed by atoms with Crippen LogP contribution in [0.5, 0.6) is 0 Å². The fraction of sp³-hybridized carbons (Fsp3) is 0.429. The van der Waals surface area contributed by atoms with Crippen molar-refractivity contribution in [3.05, 3.63) is 65.5 Å². The highest BCUT2D eigenvalue weighted by atomic mass is 16.2. The van der Waals surface area contributed by atoms with Crippen LogP contribution in [0.25, 0.3) is 0 Å². The summed E-state index contributed by atoms with van der Waals surface area (Å²) in [5.74, 6) is 0.707. The van der Waals surface area contributed by atoms with E-state index in [-0.39, 0.29) is 5.91 Å². The third-order valence-corrected chi connectivity index (χ3v) is 5.04. The van der Waals surface area contributed by atoms with Gasteiger partial charge in [-0.2, -0.15) is 0 Å². The monoisotopic (exact) mass is 337 g/mol. The Hall–Kier alpha value is -2.20. The molecule has 4 heteroatoms. The molecule has 132 valence electrons. The zero-order valence-corrected chi connectivity index (χ0v) is 14.9. The van der Waals surface area contributed by atoms with E-state index in [0.717, 1.165) is 38.0 Å². The number of hydrogen-bond acceptors (Lipinski definition) is 3. The van der Waals surface area contributed by atoms with Crippen LogP contribution in [0, 0.1) is 12.8 Å². The van der Waals surface area contributed by atoms with Gasteiger partial charge in [-0.1, -0.05) is 35.9 Å². The smallest absolute Gasteiger partial charge is 0.239 e. The summed E-state index contributed by atoms with van der Waals surface area (Å²) in [5, 5.41) is 0. The molecule has 2 heterocycles. The second-order valence-corrected chi connectivity index (χ2v) is 7.09. The number of aryl methyl sites for hydroxylation is 1. The lowest BCUT2D eigenvalue weighted by Gasteiger charge is -2.33. The predicted molar refractivity (Wildman–Crippen MR) is 100 cm³/mol. The van der Waals surface area contributed by atoms with Crippen LogP contribution in [0.2, 0.25) is 0 Å². The third-order valence-electron chi connectivity index (χ3n) is 5.04. The van der Waals surface area contributed by atoms with E-state index in [1.165, 1.54) is 11.1 Å². The number of rotatable bonds is 5. The molecule has 1 amide bonds. The summed E-state index contributed by atoms with van der Waals surface area (Å²) in [4.78, 5) is 18.8. The van der Waals surface area contributed by atoms with Crippen LogP contribution in [0.15, 0.2) is 48.7 Å². The second-order valence-electron chi connectivity index (χ2n) is 7.09. The summed E-state index contributed by atoms with van der Waals surface area (Å²) in [5.41, 5.74) is 9.68. The molecule has 2 aromatic rings. The maximum Gasteiger partial charge on any atom is 0.239 e. The minimum atomic E-state index is -0.497. The Labute approximate surface area is 150 Å². The van der Waals surface area contributed by atoms with Crippen LogP contribution >= 0.6 is 0 Å². The van der Waals surface area contributed by atoms with E-state index in [9.17, 15) is 4.79 Å². The molecule has 3 rings (SSSR count). The fourth-order valence-corrected chi connectivity index (χ4v) is 3.48. The van der Waals surface area contributed by atoms with Gasteiger partial charge in [-0.25, -0.2) is 0 Å². The molecule has 2 N–H and O–H groups in total. The standard InChI is InChI=1S/C21H27N3O/c1-16-5-7-17(8-6-16)14-18-9-12-24(13-10-18)21(25)20(22)15-19-4-2-3-11-23-19/h2-8,11,18,20H,9-10,12-15,22H2,1H3. The number of likely N-dealkylation sites (tertiary alicyclic amines) is 1. The normalized spacial score (nSPS) is 16.6. The van der Waals surface area contributed by atoms with Crippen LogP contribution < -0.4 is 5.73 Å². The zero-order valence-electron chi connectivity index (χ0n) is 14.9. The summed E-state index contributed by atoms with van der Waals surface area (Å²) in [6.07, 6.45) is 5.44. The van der Waals surface area contributed by atoms with Crippen LogP contribution in [-0.4, -0.2) is 34.9 Å². The molecule has 1 saturated heterocycles. The van der Waals surface area contributed by atoms with Crippen molar-refractivity contribution in [2.24, 2.45) is 11.7 Å². The largest absolute Gasteiger partial charge is 0.341 e. The first-order valence-electron chi connectivity index (χ1n) is 9.11. The second kappa shape index (κ2) is 8.26. The Morgan fingerprint density at radius 1 is 1.20 bits per heavy atom. The SMILES string of the molecule is Cc1ccc(CC2CCN(C(=O)C(N)Cc3ccccn3)CC2)cc1. The third kappa shape index (κ3) is 4.89. The van der Waals surface area contributed by atoms with Gasteiger partial charge in [-0.15, -0.1) is 0 Å². The Balaban J connectivity index is 1.48. The summed E-state index contributed by atoms with van der Waals surface area (Å²) in [6, 6.07) is 14.0. The first-order chi connectivity index (χ1) is 12.1. The van der Waals surface area contributed by atoms with Crippen molar-refractivity contribution in [3.8, 4) is 0 Å². The van der Waals surface area contributed by atoms with E-state index < -0.39 is 6.04 Å². The molecular weight excluding hydrogens is 310 g/mol. The highest BCUT2D eigenvalue weighted by Crippen LogP contribution is 2.22. The van der Waals surface area contributed by atoms with Crippen LogP contribution in [0.3, 0.4) is 0 Å². The summed E-state index contributed by atoms with van der Waals surface area (Å²) in [6.45, 7) is 3.73. The van der Waals surface area contributed by atoms with E-state index in [2.05, 4.69) is 36.2 Å². The average Bonchev–Trinajstić information content (AvgIpc) is 2.64. The number of amides is 1. The van der Waals surface area contributed by atoms with Gasteiger partial charge in [-0.3, -0.25) is 9.78 Å². The molecule has 0 aliphatic carbocycles. The Kier molecular flexibility index (Phi) is 5.82. The van der Waals surface area contributed by atoms with E-state index in [0.29, 0.717) is 12.3 Å². The molecule has 1 aromatic heterocycles. The van der Waals surface area contributed by atoms with Crippen molar-refractivity contribution in [3.63, 3.8) is 0 Å². The molecule has 1 aliphatic heterocycles. The zero-order chi connectivity index (χ0) is 17.6. The quantitative estimate of drug-likeness (QED) is 0.913. The highest BCUT2D eigenvalue weighted by Gasteiger charge is 2.26. The average molecular weight is 337 g/mol. The molecule has 0 saturated carbocycles. The maximum atomic E-state index is 12.6. The number of pyridine rings is 1. The molecule has 0 bridgehead atoms. The summed E-state index contributed by atoms with van der Waals surface area (Å²) < 4.78 is 0. The highest BCUT2D eigenvalue weighted by molar-refractivity contribution is 5.82. The summed E-state index contributed by atoms with van der Waals surface area (Å²) >= 11 is 0. The van der Waals surface area contributed by atoms with E-state index in [1.54, 1.807) is 6.20 Å². The van der Waals surface area contributed by atoms with Gasteiger partial charge in [-0.05, 0) is 49.8 Å². The van der Waals surface area contributed by atoms with Gasteiger partial charge in [0.05, 0.1) is 6.04 Å². The number of nitrogens with zero attached hydrogens (tertiary/aromatic N) is 2. The fourth-order valence-electron chi connectivity index (χ4n) is 3.48. The van der Waals surface area contributed by atoms with Gasteiger partial charge >= 0.3 is 0 Å². The van der Waals surface area contributed by atoms with Crippen molar-refractivity contribution >= 4 is 5.91 Å². The summed E-state index contributed by atoms with van der Waals surface area (Å²) in [7, 11) is 0. The van der Waals surface area contributed by atoms with Crippen molar-refractivity contribution in [1.29, 1.82) is 0 Å². The van der Waals surface area contributed by atoms with Gasteiger partial charge in [0.2, 0.25) is 5.91 Å². The minimum absolute atomic E-state index is 0.0550. The van der Waals surface area contributed by atoms with Gasteiger partial charge in [0.1, 0.15) is 0 Å². The molecule has 1 aliphatic rings. The lowest BCUT2D eigenvalue weighted by molar-refractivity contribution is -0.134. The molecule has 25 heavy (non-hydrogen) atoms. The predicted octanol–water partition coefficient (Wildman–Crippen LogP) is 2.74. The molecule has 1 atom stereocenters. The van der Waals surface area contributed by atoms with Crippen LogP contribution in [0.1, 0.15) is 29.7 Å². The lowest BCUT2D eigenvalue weighted by atomic mass is 9.89. The minimum Gasteiger partial charge on any atom is -0.341 e. The van der Waals surface area contributed by atoms with Gasteiger partial charge < -0.3 is 10.6 Å². The van der Waals surface area contributed by atoms with Gasteiger partial charge in [0.25, 0.3) is 0 Å². The number of nitrogens with two attached hydrogens (primary N) is 1. The lowest BCUT2D eigenvalue weighted by Crippen LogP contribution is -2.48. The first-order valence-corrected chi connectivity index (χ1v) is 9.11. The van der Waals surface area contributed by atoms with Crippen LogP contribution in [0.4, 0.5) is 0 Å². The molecule has 0 radical (unpaired) electrons. The number of carbonyl (C=O) groups excluding carboxylic acids is 1. The van der Waals surface area contributed by atoms with Crippen molar-refractivity contribution in [2.45, 2.75) is 38.6 Å². The molecule has 4 nitrogen and oxygen atoms in total. The van der Waals surface area contributed by atoms with Crippen molar-refractivity contribution < 1.29 is 4.79 Å². The van der Waals surface area contributed by atoms with Gasteiger partial charge in [0, 0.05) is 31.4 Å². The van der Waals surface area contributed by atoms with E-state index in [1.807, 2.05) is 23.1 Å². The van der Waals surface area contributed by atoms with Crippen LogP contribution in [-0.2, 0) is 17.6 Å². The number of piperidine rings is 1. The maximum absolute atomic E-state index is 12.6. The van der Waals surface area contributed by atoms with E-state index >= 15 is 0 Å². The molecule has 0 spiro atoms. The number of aromatic nitrogens is 1. The number of hydrogen-bond donors (Lipinski definition) is 1. The molecular formula is C21H27N3O. The molecule has 1 aromatic carbocycles.